The number of carbonyl (C=O) groups is 1. The van der Waals surface area contributed by atoms with Crippen molar-refractivity contribution < 1.29 is 23.6 Å². The van der Waals surface area contributed by atoms with Gasteiger partial charge in [-0.15, -0.1) is 0 Å². The van der Waals surface area contributed by atoms with E-state index in [2.05, 4.69) is 75.1 Å². The highest BCUT2D eigenvalue weighted by molar-refractivity contribution is 6.62. The van der Waals surface area contributed by atoms with Gasteiger partial charge in [-0.05, 0) is 108 Å². The second kappa shape index (κ2) is 9.47. The Balaban J connectivity index is 1.21. The lowest BCUT2D eigenvalue weighted by Gasteiger charge is -2.32. The Hall–Kier alpha value is -3.56. The SMILES string of the molecule is C[C@@H](c1nc2c(ccc3cc4c(cc32)OCc2cc(B3OC(C)(C)C(C)(C)O3)ccc2-4)[nH]1)N(C(=O)OC(C)(C)C)C1CC1. The standard InChI is InChI=1S/C34H40BN3O5/c1-19(38(23-11-12-23)31(39)41-32(2,3)4)30-36-27-14-9-20-16-26-24-13-10-22(35-42-33(5,6)34(7,8)43-35)15-21(24)18-40-28(26)17-25(20)29(27)37-30/h9-10,13-17,19,23H,11-12,18H2,1-8H3,(H,36,37)/t19-/m0/s1. The topological polar surface area (TPSA) is 85.9 Å². The number of aromatic amines is 1. The summed E-state index contributed by atoms with van der Waals surface area (Å²) in [7, 11) is -0.413. The number of nitrogens with zero attached hydrogens (tertiary/aromatic N) is 2. The van der Waals surface area contributed by atoms with Gasteiger partial charge in [0.05, 0.1) is 28.3 Å². The van der Waals surface area contributed by atoms with Gasteiger partial charge in [-0.2, -0.15) is 0 Å². The first-order chi connectivity index (χ1) is 20.2. The number of H-pyrrole nitrogens is 1. The number of imidazole rings is 1. The number of nitrogens with one attached hydrogen (secondary N) is 1. The predicted octanol–water partition coefficient (Wildman–Crippen LogP) is 7.04. The van der Waals surface area contributed by atoms with Gasteiger partial charge < -0.3 is 23.8 Å². The number of ether oxygens (including phenoxy) is 2. The van der Waals surface area contributed by atoms with E-state index in [1.165, 1.54) is 0 Å². The van der Waals surface area contributed by atoms with Crippen molar-refractivity contribution in [2.24, 2.45) is 0 Å². The quantitative estimate of drug-likeness (QED) is 0.261. The summed E-state index contributed by atoms with van der Waals surface area (Å²) >= 11 is 0. The molecule has 1 saturated carbocycles. The van der Waals surface area contributed by atoms with Gasteiger partial charge in [0.2, 0.25) is 0 Å². The van der Waals surface area contributed by atoms with Gasteiger partial charge >= 0.3 is 13.2 Å². The van der Waals surface area contributed by atoms with Crippen molar-refractivity contribution >= 4 is 40.5 Å². The molecule has 2 aliphatic heterocycles. The average Bonchev–Trinajstić information content (AvgIpc) is 3.59. The molecule has 1 atom stereocenters. The van der Waals surface area contributed by atoms with Crippen LogP contribution in [0.3, 0.4) is 0 Å². The Labute approximate surface area is 253 Å². The zero-order valence-corrected chi connectivity index (χ0v) is 26.3. The molecule has 3 aromatic carbocycles. The predicted molar refractivity (Wildman–Crippen MR) is 169 cm³/mol. The minimum atomic E-state index is -0.556. The van der Waals surface area contributed by atoms with Crippen LogP contribution in [0.15, 0.2) is 42.5 Å². The molecule has 1 aromatic heterocycles. The largest absolute Gasteiger partial charge is 0.494 e. The van der Waals surface area contributed by atoms with Crippen LogP contribution in [0.4, 0.5) is 4.79 Å². The molecule has 0 bridgehead atoms. The molecule has 7 rings (SSSR count). The summed E-state index contributed by atoms with van der Waals surface area (Å²) in [6, 6.07) is 14.8. The van der Waals surface area contributed by atoms with E-state index in [4.69, 9.17) is 23.8 Å². The van der Waals surface area contributed by atoms with Crippen LogP contribution in [-0.4, -0.2) is 50.9 Å². The molecular weight excluding hydrogens is 541 g/mol. The van der Waals surface area contributed by atoms with Crippen molar-refractivity contribution in [2.45, 2.75) is 104 Å². The van der Waals surface area contributed by atoms with Crippen LogP contribution < -0.4 is 10.2 Å². The van der Waals surface area contributed by atoms with Crippen molar-refractivity contribution in [1.82, 2.24) is 14.9 Å². The summed E-state index contributed by atoms with van der Waals surface area (Å²) in [6.07, 6.45) is 1.67. The number of rotatable bonds is 4. The number of fused-ring (bicyclic) bond motifs is 6. The molecule has 0 spiro atoms. The Kier molecular flexibility index (Phi) is 6.22. The fourth-order valence-corrected chi connectivity index (χ4v) is 6.07. The highest BCUT2D eigenvalue weighted by Crippen LogP contribution is 2.43. The van der Waals surface area contributed by atoms with Crippen molar-refractivity contribution in [2.75, 3.05) is 0 Å². The maximum absolute atomic E-state index is 13.1. The first-order valence-electron chi connectivity index (χ1n) is 15.3. The molecule has 1 aliphatic carbocycles. The zero-order valence-electron chi connectivity index (χ0n) is 26.3. The third-order valence-corrected chi connectivity index (χ3v) is 9.27. The maximum Gasteiger partial charge on any atom is 0.494 e. The zero-order chi connectivity index (χ0) is 30.5. The molecular formula is C34H40BN3O5. The molecule has 3 heterocycles. The first-order valence-corrected chi connectivity index (χ1v) is 15.3. The molecule has 1 saturated heterocycles. The van der Waals surface area contributed by atoms with Crippen LogP contribution in [0.2, 0.25) is 0 Å². The molecule has 1 amide bonds. The highest BCUT2D eigenvalue weighted by atomic mass is 16.7. The van der Waals surface area contributed by atoms with Crippen molar-refractivity contribution in [3.05, 3.63) is 53.9 Å². The Morgan fingerprint density at radius 2 is 1.77 bits per heavy atom. The van der Waals surface area contributed by atoms with Crippen LogP contribution in [-0.2, 0) is 20.7 Å². The summed E-state index contributed by atoms with van der Waals surface area (Å²) in [4.78, 5) is 23.5. The van der Waals surface area contributed by atoms with Gasteiger partial charge in [-0.1, -0.05) is 24.3 Å². The first kappa shape index (κ1) is 28.2. The van der Waals surface area contributed by atoms with Gasteiger partial charge in [-0.25, -0.2) is 9.78 Å². The number of aromatic nitrogens is 2. The van der Waals surface area contributed by atoms with E-state index in [0.29, 0.717) is 6.61 Å². The molecule has 2 fully saturated rings. The molecule has 4 aromatic rings. The molecule has 224 valence electrons. The Morgan fingerprint density at radius 3 is 2.44 bits per heavy atom. The maximum atomic E-state index is 13.1. The van der Waals surface area contributed by atoms with Crippen LogP contribution in [0, 0.1) is 0 Å². The molecule has 1 N–H and O–H groups in total. The lowest BCUT2D eigenvalue weighted by atomic mass is 9.77. The van der Waals surface area contributed by atoms with Gasteiger partial charge in [0.15, 0.2) is 0 Å². The lowest BCUT2D eigenvalue weighted by molar-refractivity contribution is 0.00578. The van der Waals surface area contributed by atoms with Crippen LogP contribution in [0.25, 0.3) is 32.9 Å². The van der Waals surface area contributed by atoms with Gasteiger partial charge in [-0.3, -0.25) is 4.90 Å². The lowest BCUT2D eigenvalue weighted by Crippen LogP contribution is -2.41. The molecule has 0 unspecified atom stereocenters. The Bertz CT molecular complexity index is 1750. The van der Waals surface area contributed by atoms with Crippen molar-refractivity contribution in [3.8, 4) is 16.9 Å². The molecule has 9 heteroatoms. The minimum absolute atomic E-state index is 0.181. The highest BCUT2D eigenvalue weighted by Gasteiger charge is 2.51. The van der Waals surface area contributed by atoms with Crippen molar-refractivity contribution in [3.63, 3.8) is 0 Å². The minimum Gasteiger partial charge on any atom is -0.488 e. The van der Waals surface area contributed by atoms with Crippen LogP contribution >= 0.6 is 0 Å². The normalized spacial score (nSPS) is 19.6. The second-order valence-electron chi connectivity index (χ2n) is 14.2. The number of hydrogen-bond donors (Lipinski definition) is 1. The summed E-state index contributed by atoms with van der Waals surface area (Å²) in [5.41, 5.74) is 4.77. The van der Waals surface area contributed by atoms with E-state index < -0.39 is 23.9 Å². The van der Waals surface area contributed by atoms with Gasteiger partial charge in [0.25, 0.3) is 0 Å². The van der Waals surface area contributed by atoms with Crippen molar-refractivity contribution in [1.29, 1.82) is 0 Å². The van der Waals surface area contributed by atoms with E-state index in [-0.39, 0.29) is 18.2 Å². The number of amides is 1. The van der Waals surface area contributed by atoms with E-state index in [1.54, 1.807) is 0 Å². The van der Waals surface area contributed by atoms with Gasteiger partial charge in [0, 0.05) is 17.0 Å². The second-order valence-corrected chi connectivity index (χ2v) is 14.2. The fraction of sp³-hybridized carbons (Fsp3) is 0.471. The van der Waals surface area contributed by atoms with E-state index in [1.807, 2.05) is 32.6 Å². The van der Waals surface area contributed by atoms with Crippen LogP contribution in [0.1, 0.15) is 85.7 Å². The van der Waals surface area contributed by atoms with E-state index in [9.17, 15) is 4.79 Å². The molecule has 0 radical (unpaired) electrons. The monoisotopic (exact) mass is 581 g/mol. The summed E-state index contributed by atoms with van der Waals surface area (Å²) in [5.74, 6) is 1.58. The number of carbonyl (C=O) groups excluding carboxylic acids is 1. The molecule has 43 heavy (non-hydrogen) atoms. The van der Waals surface area contributed by atoms with Crippen LogP contribution in [0.5, 0.6) is 5.75 Å². The van der Waals surface area contributed by atoms with Gasteiger partial charge in [0.1, 0.15) is 23.8 Å². The summed E-state index contributed by atoms with van der Waals surface area (Å²) < 4.78 is 24.7. The smallest absolute Gasteiger partial charge is 0.488 e. The summed E-state index contributed by atoms with van der Waals surface area (Å²) in [5, 5.41) is 2.09. The molecule has 8 nitrogen and oxygen atoms in total. The number of hydrogen-bond acceptors (Lipinski definition) is 6. The van der Waals surface area contributed by atoms with E-state index >= 15 is 0 Å². The third kappa shape index (κ3) is 4.87. The third-order valence-electron chi connectivity index (χ3n) is 9.27. The Morgan fingerprint density at radius 1 is 1.05 bits per heavy atom. The summed E-state index contributed by atoms with van der Waals surface area (Å²) in [6.45, 7) is 16.4. The number of benzene rings is 3. The van der Waals surface area contributed by atoms with E-state index in [0.717, 1.165) is 68.4 Å². The molecule has 3 aliphatic rings. The fourth-order valence-electron chi connectivity index (χ4n) is 6.07. The average molecular weight is 582 g/mol.